The topological polar surface area (TPSA) is 87.9 Å². The van der Waals surface area contributed by atoms with Crippen LogP contribution in [-0.2, 0) is 0 Å². The minimum absolute atomic E-state index is 0.0864. The first-order valence-electron chi connectivity index (χ1n) is 9.28. The van der Waals surface area contributed by atoms with E-state index < -0.39 is 0 Å². The van der Waals surface area contributed by atoms with Gasteiger partial charge in [-0.15, -0.1) is 0 Å². The monoisotopic (exact) mass is 461 g/mol. The quantitative estimate of drug-likeness (QED) is 0.365. The van der Waals surface area contributed by atoms with E-state index in [1.807, 2.05) is 16.8 Å². The first-order valence-corrected chi connectivity index (χ1v) is 10.4. The minimum Gasteiger partial charge on any atom is -0.508 e. The Balaban J connectivity index is 1.78. The van der Waals surface area contributed by atoms with Crippen molar-refractivity contribution in [3.63, 3.8) is 0 Å². The Morgan fingerprint density at radius 1 is 1.29 bits per heavy atom. The molecule has 4 rings (SSSR count). The summed E-state index contributed by atoms with van der Waals surface area (Å²) < 4.78 is 2.76. The summed E-state index contributed by atoms with van der Waals surface area (Å²) in [5.41, 5.74) is 9.45. The maximum absolute atomic E-state index is 9.54. The summed E-state index contributed by atoms with van der Waals surface area (Å²) in [7, 11) is 0. The molecule has 1 aliphatic carbocycles. The summed E-state index contributed by atoms with van der Waals surface area (Å²) in [4.78, 5) is 4.49. The van der Waals surface area contributed by atoms with Crippen LogP contribution in [0.15, 0.2) is 46.1 Å². The van der Waals surface area contributed by atoms with Crippen molar-refractivity contribution < 1.29 is 5.11 Å². The average Bonchev–Trinajstić information content (AvgIpc) is 3.06. The van der Waals surface area contributed by atoms with Gasteiger partial charge in [0.2, 0.25) is 0 Å². The van der Waals surface area contributed by atoms with Crippen molar-refractivity contribution >= 4 is 50.3 Å². The molecular weight excluding hydrogens is 442 g/mol. The molecule has 1 fully saturated rings. The number of phenolic OH excluding ortho intramolecular Hbond substituents is 1. The van der Waals surface area contributed by atoms with E-state index in [0.717, 1.165) is 34.1 Å². The second-order valence-electron chi connectivity index (χ2n) is 7.03. The lowest BCUT2D eigenvalue weighted by molar-refractivity contribution is 0.463. The van der Waals surface area contributed by atoms with Crippen LogP contribution in [0.1, 0.15) is 37.7 Å². The van der Waals surface area contributed by atoms with Crippen LogP contribution < -0.4 is 11.1 Å². The number of hydrogen-bond acceptors (Lipinski definition) is 4. The number of rotatable bonds is 4. The van der Waals surface area contributed by atoms with Gasteiger partial charge < -0.3 is 16.2 Å². The molecule has 0 spiro atoms. The molecule has 28 heavy (non-hydrogen) atoms. The number of nitrogens with zero attached hydrogens (tertiary/aromatic N) is 3. The van der Waals surface area contributed by atoms with Crippen molar-refractivity contribution in [1.29, 1.82) is 0 Å². The molecule has 0 radical (unpaired) electrons. The van der Waals surface area contributed by atoms with Crippen molar-refractivity contribution in [2.75, 3.05) is 5.32 Å². The third-order valence-corrected chi connectivity index (χ3v) is 5.74. The second kappa shape index (κ2) is 8.01. The summed E-state index contributed by atoms with van der Waals surface area (Å²) in [5, 5.41) is 18.0. The second-order valence-corrected chi connectivity index (χ2v) is 8.36. The summed E-state index contributed by atoms with van der Waals surface area (Å²) >= 11 is 9.72. The SMILES string of the molecule is NC(=Nc1ccc(O)cc1Cl)c1cnn2cc(Br)cc2c1NC1CCCCC1. The Hall–Kier alpha value is -2.25. The zero-order chi connectivity index (χ0) is 19.7. The van der Waals surface area contributed by atoms with Crippen LogP contribution in [-0.4, -0.2) is 26.6 Å². The standard InChI is InChI=1S/C20H21BrClN5O/c21-12-8-18-19(25-13-4-2-1-3-5-13)15(10-24-27(18)11-12)20(23)26-17-7-6-14(28)9-16(17)22/h6-11,13,25,28H,1-5H2,(H2,23,26). The first-order chi connectivity index (χ1) is 13.5. The van der Waals surface area contributed by atoms with Gasteiger partial charge in [0.05, 0.1) is 33.7 Å². The van der Waals surface area contributed by atoms with Gasteiger partial charge in [-0.3, -0.25) is 0 Å². The third-order valence-electron chi connectivity index (χ3n) is 5.01. The van der Waals surface area contributed by atoms with Crippen molar-refractivity contribution in [3.05, 3.63) is 51.7 Å². The lowest BCUT2D eigenvalue weighted by atomic mass is 9.95. The molecule has 1 aliphatic rings. The number of amidine groups is 1. The van der Waals surface area contributed by atoms with Crippen LogP contribution in [0.2, 0.25) is 5.02 Å². The van der Waals surface area contributed by atoms with Crippen molar-refractivity contribution in [1.82, 2.24) is 9.61 Å². The molecule has 1 saturated carbocycles. The van der Waals surface area contributed by atoms with E-state index >= 15 is 0 Å². The van der Waals surface area contributed by atoms with Gasteiger partial charge in [0.15, 0.2) is 0 Å². The highest BCUT2D eigenvalue weighted by Gasteiger charge is 2.19. The molecule has 4 N–H and O–H groups in total. The van der Waals surface area contributed by atoms with Gasteiger partial charge in [-0.05, 0) is 47.0 Å². The highest BCUT2D eigenvalue weighted by Crippen LogP contribution is 2.32. The number of nitrogens with two attached hydrogens (primary N) is 1. The molecule has 2 aromatic heterocycles. The lowest BCUT2D eigenvalue weighted by Crippen LogP contribution is -2.25. The Morgan fingerprint density at radius 3 is 2.82 bits per heavy atom. The number of aliphatic imine (C=N–C) groups is 1. The van der Waals surface area contributed by atoms with Crippen LogP contribution in [0, 0.1) is 0 Å². The number of anilines is 1. The zero-order valence-corrected chi connectivity index (χ0v) is 17.5. The van der Waals surface area contributed by atoms with Gasteiger partial charge in [0.1, 0.15) is 11.6 Å². The number of hydrogen-bond donors (Lipinski definition) is 3. The van der Waals surface area contributed by atoms with Gasteiger partial charge in [-0.2, -0.15) is 5.10 Å². The van der Waals surface area contributed by atoms with Crippen LogP contribution in [0.25, 0.3) is 5.52 Å². The van der Waals surface area contributed by atoms with Crippen LogP contribution in [0.5, 0.6) is 5.75 Å². The van der Waals surface area contributed by atoms with E-state index in [-0.39, 0.29) is 5.75 Å². The molecule has 0 bridgehead atoms. The van der Waals surface area contributed by atoms with Gasteiger partial charge in [0.25, 0.3) is 0 Å². The Labute approximate surface area is 176 Å². The molecule has 0 unspecified atom stereocenters. The number of aromatic hydroxyl groups is 1. The molecule has 6 nitrogen and oxygen atoms in total. The van der Waals surface area contributed by atoms with Crippen LogP contribution >= 0.6 is 27.5 Å². The maximum atomic E-state index is 9.54. The van der Waals surface area contributed by atoms with Crippen LogP contribution in [0.4, 0.5) is 11.4 Å². The Morgan fingerprint density at radius 2 is 2.07 bits per heavy atom. The largest absolute Gasteiger partial charge is 0.508 e. The number of benzene rings is 1. The molecule has 146 valence electrons. The summed E-state index contributed by atoms with van der Waals surface area (Å²) in [6, 6.07) is 7.03. The number of halogens is 2. The molecule has 3 aromatic rings. The molecule has 2 heterocycles. The fourth-order valence-corrected chi connectivity index (χ4v) is 4.23. The van der Waals surface area contributed by atoms with E-state index in [9.17, 15) is 5.11 Å². The molecule has 0 saturated heterocycles. The van der Waals surface area contributed by atoms with E-state index in [4.69, 9.17) is 17.3 Å². The highest BCUT2D eigenvalue weighted by molar-refractivity contribution is 9.10. The zero-order valence-electron chi connectivity index (χ0n) is 15.2. The predicted octanol–water partition coefficient (Wildman–Crippen LogP) is 5.24. The molecule has 0 aliphatic heterocycles. The Kier molecular flexibility index (Phi) is 5.46. The van der Waals surface area contributed by atoms with E-state index in [2.05, 4.69) is 31.3 Å². The maximum Gasteiger partial charge on any atom is 0.135 e. The van der Waals surface area contributed by atoms with Gasteiger partial charge in [0, 0.05) is 22.8 Å². The van der Waals surface area contributed by atoms with Gasteiger partial charge >= 0.3 is 0 Å². The van der Waals surface area contributed by atoms with E-state index in [1.54, 1.807) is 12.3 Å². The summed E-state index contributed by atoms with van der Waals surface area (Å²) in [6.07, 6.45) is 9.65. The molecule has 1 aromatic carbocycles. The molecule has 0 amide bonds. The summed E-state index contributed by atoms with van der Waals surface area (Å²) in [5.74, 6) is 0.404. The van der Waals surface area contributed by atoms with Gasteiger partial charge in [-0.1, -0.05) is 30.9 Å². The van der Waals surface area contributed by atoms with Crippen LogP contribution in [0.3, 0.4) is 0 Å². The number of fused-ring (bicyclic) bond motifs is 1. The fraction of sp³-hybridized carbons (Fsp3) is 0.300. The lowest BCUT2D eigenvalue weighted by Gasteiger charge is -2.25. The molecule has 0 atom stereocenters. The molecule has 8 heteroatoms. The summed E-state index contributed by atoms with van der Waals surface area (Å²) in [6.45, 7) is 0. The number of nitrogens with one attached hydrogen (secondary N) is 1. The van der Waals surface area contributed by atoms with Crippen molar-refractivity contribution in [2.45, 2.75) is 38.1 Å². The first kappa shape index (κ1) is 19.1. The average molecular weight is 463 g/mol. The normalized spacial score (nSPS) is 15.9. The smallest absolute Gasteiger partial charge is 0.135 e. The number of phenols is 1. The highest BCUT2D eigenvalue weighted by atomic mass is 79.9. The number of aromatic nitrogens is 2. The minimum atomic E-state index is 0.0864. The van der Waals surface area contributed by atoms with E-state index in [1.165, 1.54) is 31.4 Å². The van der Waals surface area contributed by atoms with Crippen molar-refractivity contribution in [2.24, 2.45) is 10.7 Å². The van der Waals surface area contributed by atoms with E-state index in [0.29, 0.717) is 22.6 Å². The Bertz CT molecular complexity index is 1040. The predicted molar refractivity (Wildman–Crippen MR) is 117 cm³/mol. The molecular formula is C20H21BrClN5O. The fourth-order valence-electron chi connectivity index (χ4n) is 3.60. The van der Waals surface area contributed by atoms with Crippen molar-refractivity contribution in [3.8, 4) is 5.75 Å². The third kappa shape index (κ3) is 3.95. The van der Waals surface area contributed by atoms with Gasteiger partial charge in [-0.25, -0.2) is 9.51 Å².